The first-order chi connectivity index (χ1) is 13.8. The number of benzene rings is 2. The van der Waals surface area contributed by atoms with Crippen LogP contribution in [-0.2, 0) is 6.54 Å². The van der Waals surface area contributed by atoms with Gasteiger partial charge < -0.3 is 9.64 Å². The van der Waals surface area contributed by atoms with Crippen molar-refractivity contribution in [2.45, 2.75) is 6.54 Å². The van der Waals surface area contributed by atoms with Crippen LogP contribution >= 0.6 is 22.7 Å². The number of hydrogen-bond acceptors (Lipinski definition) is 6. The van der Waals surface area contributed by atoms with Crippen molar-refractivity contribution in [1.29, 1.82) is 0 Å². The Bertz CT molecular complexity index is 1000. The number of para-hydroxylation sites is 1. The van der Waals surface area contributed by atoms with Gasteiger partial charge in [-0.05, 0) is 41.3 Å². The molecule has 6 heteroatoms. The minimum absolute atomic E-state index is 0.690. The molecule has 141 valence electrons. The van der Waals surface area contributed by atoms with Gasteiger partial charge in [0, 0.05) is 32.7 Å². The number of hydrogen-bond donors (Lipinski definition) is 0. The van der Waals surface area contributed by atoms with E-state index in [1.165, 1.54) is 11.3 Å². The molecule has 0 N–H and O–H groups in total. The van der Waals surface area contributed by atoms with Gasteiger partial charge in [0.1, 0.15) is 5.75 Å². The number of thiazole rings is 1. The standard InChI is InChI=1S/C22H20N3OS2/c1-2-4-21-20(3-1)23-22(28-21)26-19-7-5-17(6-8-19)15-24-10-12-25(13-11-24)18-9-14-27-16-18/h1-9,14H,10-13,15H2. The van der Waals surface area contributed by atoms with E-state index >= 15 is 0 Å². The summed E-state index contributed by atoms with van der Waals surface area (Å²) in [6.45, 7) is 5.25. The molecule has 1 saturated heterocycles. The molecule has 0 aliphatic carbocycles. The van der Waals surface area contributed by atoms with E-state index in [1.54, 1.807) is 22.7 Å². The first-order valence-corrected chi connectivity index (χ1v) is 11.1. The molecular weight excluding hydrogens is 386 g/mol. The van der Waals surface area contributed by atoms with Gasteiger partial charge in [0.05, 0.1) is 21.3 Å². The summed E-state index contributed by atoms with van der Waals surface area (Å²) in [6.07, 6.45) is 0. The molecule has 28 heavy (non-hydrogen) atoms. The zero-order chi connectivity index (χ0) is 18.8. The van der Waals surface area contributed by atoms with Crippen molar-refractivity contribution in [3.8, 4) is 10.9 Å². The van der Waals surface area contributed by atoms with Crippen molar-refractivity contribution in [3.63, 3.8) is 0 Å². The Morgan fingerprint density at radius 1 is 0.964 bits per heavy atom. The third-order valence-electron chi connectivity index (χ3n) is 4.98. The van der Waals surface area contributed by atoms with Crippen molar-refractivity contribution in [2.24, 2.45) is 0 Å². The molecule has 0 saturated carbocycles. The molecule has 2 aromatic carbocycles. The average molecular weight is 407 g/mol. The Morgan fingerprint density at radius 3 is 2.54 bits per heavy atom. The van der Waals surface area contributed by atoms with E-state index in [0.29, 0.717) is 5.19 Å². The summed E-state index contributed by atoms with van der Waals surface area (Å²) in [7, 11) is 0. The molecule has 1 fully saturated rings. The van der Waals surface area contributed by atoms with Gasteiger partial charge in [-0.15, -0.1) is 11.3 Å². The first-order valence-electron chi connectivity index (χ1n) is 9.38. The van der Waals surface area contributed by atoms with Crippen LogP contribution in [0.25, 0.3) is 10.2 Å². The molecule has 0 bridgehead atoms. The van der Waals surface area contributed by atoms with E-state index in [0.717, 1.165) is 48.7 Å². The van der Waals surface area contributed by atoms with Gasteiger partial charge in [-0.1, -0.05) is 35.6 Å². The summed E-state index contributed by atoms with van der Waals surface area (Å²) in [5.74, 6) is 0.834. The predicted octanol–water partition coefficient (Wildman–Crippen LogP) is 5.27. The SMILES string of the molecule is [c]1sccc1N1CCN(Cc2ccc(Oc3nc4ccccc4s3)cc2)CC1. The highest BCUT2D eigenvalue weighted by atomic mass is 32.1. The molecule has 1 radical (unpaired) electrons. The van der Waals surface area contributed by atoms with E-state index in [-0.39, 0.29) is 0 Å². The van der Waals surface area contributed by atoms with Gasteiger partial charge in [-0.3, -0.25) is 4.90 Å². The average Bonchev–Trinajstić information content (AvgIpc) is 3.39. The fraction of sp³-hybridized carbons (Fsp3) is 0.227. The Morgan fingerprint density at radius 2 is 1.79 bits per heavy atom. The molecule has 0 amide bonds. The van der Waals surface area contributed by atoms with Crippen LogP contribution in [0.4, 0.5) is 5.69 Å². The van der Waals surface area contributed by atoms with Gasteiger partial charge >= 0.3 is 0 Å². The highest BCUT2D eigenvalue weighted by molar-refractivity contribution is 7.20. The molecule has 2 aromatic heterocycles. The second kappa shape index (κ2) is 7.91. The number of ether oxygens (including phenoxy) is 1. The van der Waals surface area contributed by atoms with Crippen LogP contribution in [0.2, 0.25) is 0 Å². The van der Waals surface area contributed by atoms with Crippen LogP contribution in [-0.4, -0.2) is 36.1 Å². The second-order valence-electron chi connectivity index (χ2n) is 6.86. The number of fused-ring (bicyclic) bond motifs is 1. The van der Waals surface area contributed by atoms with Crippen LogP contribution in [0, 0.1) is 5.38 Å². The second-order valence-corrected chi connectivity index (χ2v) is 8.57. The number of anilines is 1. The minimum Gasteiger partial charge on any atom is -0.431 e. The summed E-state index contributed by atoms with van der Waals surface area (Å²) in [4.78, 5) is 9.46. The van der Waals surface area contributed by atoms with E-state index in [1.807, 2.05) is 30.3 Å². The van der Waals surface area contributed by atoms with Gasteiger partial charge in [-0.2, -0.15) is 0 Å². The third-order valence-corrected chi connectivity index (χ3v) is 6.49. The largest absolute Gasteiger partial charge is 0.431 e. The highest BCUT2D eigenvalue weighted by Gasteiger charge is 2.17. The van der Waals surface area contributed by atoms with E-state index < -0.39 is 0 Å². The Labute approximate surface area is 172 Å². The lowest BCUT2D eigenvalue weighted by Gasteiger charge is -2.35. The molecule has 5 rings (SSSR count). The number of rotatable bonds is 5. The molecule has 1 aliphatic rings. The molecular formula is C22H20N3OS2. The maximum atomic E-state index is 5.95. The Hall–Kier alpha value is -2.41. The summed E-state index contributed by atoms with van der Waals surface area (Å²) < 4.78 is 7.09. The number of thiophene rings is 1. The molecule has 4 nitrogen and oxygen atoms in total. The van der Waals surface area contributed by atoms with Crippen molar-refractivity contribution in [3.05, 3.63) is 70.9 Å². The zero-order valence-electron chi connectivity index (χ0n) is 15.4. The van der Waals surface area contributed by atoms with Crippen LogP contribution in [0.5, 0.6) is 10.9 Å². The normalized spacial score (nSPS) is 15.2. The topological polar surface area (TPSA) is 28.6 Å². The summed E-state index contributed by atoms with van der Waals surface area (Å²) in [6, 6.07) is 18.7. The van der Waals surface area contributed by atoms with Crippen LogP contribution in [0.15, 0.2) is 60.0 Å². The number of aromatic nitrogens is 1. The minimum atomic E-state index is 0.690. The van der Waals surface area contributed by atoms with Crippen molar-refractivity contribution in [1.82, 2.24) is 9.88 Å². The monoisotopic (exact) mass is 406 g/mol. The van der Waals surface area contributed by atoms with Crippen LogP contribution in [0.1, 0.15) is 5.56 Å². The lowest BCUT2D eigenvalue weighted by atomic mass is 10.2. The molecule has 1 aliphatic heterocycles. The lowest BCUT2D eigenvalue weighted by Crippen LogP contribution is -2.45. The summed E-state index contributed by atoms with van der Waals surface area (Å²) >= 11 is 3.22. The number of nitrogens with zero attached hydrogens (tertiary/aromatic N) is 3. The van der Waals surface area contributed by atoms with E-state index in [2.05, 4.69) is 49.8 Å². The fourth-order valence-electron chi connectivity index (χ4n) is 3.46. The van der Waals surface area contributed by atoms with E-state index in [9.17, 15) is 0 Å². The predicted molar refractivity (Wildman–Crippen MR) is 117 cm³/mol. The first kappa shape index (κ1) is 17.7. The molecule has 0 spiro atoms. The van der Waals surface area contributed by atoms with Gasteiger partial charge in [0.2, 0.25) is 0 Å². The molecule has 0 unspecified atom stereocenters. The van der Waals surface area contributed by atoms with Crippen LogP contribution < -0.4 is 9.64 Å². The molecule has 3 heterocycles. The highest BCUT2D eigenvalue weighted by Crippen LogP contribution is 2.31. The zero-order valence-corrected chi connectivity index (χ0v) is 17.0. The maximum Gasteiger partial charge on any atom is 0.279 e. The van der Waals surface area contributed by atoms with E-state index in [4.69, 9.17) is 4.74 Å². The van der Waals surface area contributed by atoms with Gasteiger partial charge in [-0.25, -0.2) is 4.98 Å². The van der Waals surface area contributed by atoms with Crippen molar-refractivity contribution >= 4 is 38.6 Å². The smallest absolute Gasteiger partial charge is 0.279 e. The Kier molecular flexibility index (Phi) is 4.99. The molecule has 4 aromatic rings. The van der Waals surface area contributed by atoms with Crippen molar-refractivity contribution < 1.29 is 4.74 Å². The van der Waals surface area contributed by atoms with Crippen molar-refractivity contribution in [2.75, 3.05) is 31.1 Å². The quantitative estimate of drug-likeness (QED) is 0.451. The van der Waals surface area contributed by atoms with Gasteiger partial charge in [0.25, 0.3) is 5.19 Å². The fourth-order valence-corrected chi connectivity index (χ4v) is 4.88. The summed E-state index contributed by atoms with van der Waals surface area (Å²) in [5.41, 5.74) is 3.53. The lowest BCUT2D eigenvalue weighted by molar-refractivity contribution is 0.250. The van der Waals surface area contributed by atoms with Gasteiger partial charge in [0.15, 0.2) is 0 Å². The Balaban J connectivity index is 1.17. The van der Waals surface area contributed by atoms with Crippen LogP contribution in [0.3, 0.4) is 0 Å². The molecule has 0 atom stereocenters. The summed E-state index contributed by atoms with van der Waals surface area (Å²) in [5, 5.41) is 6.12. The number of piperazine rings is 1. The third kappa shape index (κ3) is 3.90. The maximum absolute atomic E-state index is 5.95.